The van der Waals surface area contributed by atoms with E-state index in [0.29, 0.717) is 19.8 Å². The molecule has 1 N–H and O–H groups in total. The van der Waals surface area contributed by atoms with Crippen LogP contribution in [0.25, 0.3) is 0 Å². The molecule has 160 valence electrons. The average Bonchev–Trinajstić information content (AvgIpc) is 2.52. The van der Waals surface area contributed by atoms with E-state index in [-0.39, 0.29) is 18.0 Å². The molecule has 0 bridgehead atoms. The summed E-state index contributed by atoms with van der Waals surface area (Å²) in [5, 5.41) is 8.38. The fourth-order valence-electron chi connectivity index (χ4n) is 1.26. The van der Waals surface area contributed by atoms with E-state index in [2.05, 4.69) is 41.5 Å². The normalized spacial score (nSPS) is 10.8. The standard InChI is InChI=1S/C9H18O3.C7H16O.C6H14/c1-7(2)9(10)12-6-5-11-8(3)4;1-7(2)5-3-4-6-8;1-5(2)6(3)4/h7-8H,5-6H2,1-4H3;7-8H,3-6H2,1-2H3;5-6H,1-4H3. The molecular formula is C22H48O4. The topological polar surface area (TPSA) is 55.8 Å². The van der Waals surface area contributed by atoms with Crippen LogP contribution in [0.3, 0.4) is 0 Å². The third-order valence-corrected chi connectivity index (χ3v) is 3.77. The molecular weight excluding hydrogens is 328 g/mol. The lowest BCUT2D eigenvalue weighted by Gasteiger charge is -2.09. The highest BCUT2D eigenvalue weighted by Gasteiger charge is 2.07. The molecule has 4 nitrogen and oxygen atoms in total. The minimum Gasteiger partial charge on any atom is -0.463 e. The third kappa shape index (κ3) is 31.2. The Labute approximate surface area is 164 Å². The van der Waals surface area contributed by atoms with Crippen molar-refractivity contribution in [1.29, 1.82) is 0 Å². The summed E-state index contributed by atoms with van der Waals surface area (Å²) >= 11 is 0. The van der Waals surface area contributed by atoms with E-state index in [1.807, 2.05) is 27.7 Å². The van der Waals surface area contributed by atoms with Crippen LogP contribution in [0.15, 0.2) is 0 Å². The SMILES string of the molecule is CC(C)C(C)C.CC(C)CCCCO.CC(C)OCCOC(=O)C(C)C. The van der Waals surface area contributed by atoms with Gasteiger partial charge in [0, 0.05) is 6.61 Å². The largest absolute Gasteiger partial charge is 0.463 e. The lowest BCUT2D eigenvalue weighted by molar-refractivity contribution is -0.149. The van der Waals surface area contributed by atoms with Crippen LogP contribution in [0.4, 0.5) is 0 Å². The summed E-state index contributed by atoms with van der Waals surface area (Å²) in [6.07, 6.45) is 3.59. The molecule has 4 heteroatoms. The summed E-state index contributed by atoms with van der Waals surface area (Å²) in [7, 11) is 0. The van der Waals surface area contributed by atoms with Gasteiger partial charge in [-0.1, -0.05) is 68.2 Å². The molecule has 0 saturated heterocycles. The number of carbonyl (C=O) groups is 1. The van der Waals surface area contributed by atoms with Gasteiger partial charge in [0.05, 0.1) is 18.6 Å². The van der Waals surface area contributed by atoms with Gasteiger partial charge in [0.2, 0.25) is 0 Å². The van der Waals surface area contributed by atoms with E-state index >= 15 is 0 Å². The Morgan fingerprint density at radius 1 is 0.808 bits per heavy atom. The molecule has 0 saturated carbocycles. The molecule has 0 aliphatic heterocycles. The van der Waals surface area contributed by atoms with Crippen LogP contribution in [-0.4, -0.2) is 37.0 Å². The van der Waals surface area contributed by atoms with Gasteiger partial charge in [-0.25, -0.2) is 0 Å². The fourth-order valence-corrected chi connectivity index (χ4v) is 1.26. The Morgan fingerprint density at radius 2 is 1.31 bits per heavy atom. The van der Waals surface area contributed by atoms with E-state index in [0.717, 1.165) is 24.2 Å². The first-order valence-corrected chi connectivity index (χ1v) is 10.3. The number of aliphatic hydroxyl groups is 1. The monoisotopic (exact) mass is 376 g/mol. The lowest BCUT2D eigenvalue weighted by Crippen LogP contribution is -2.16. The van der Waals surface area contributed by atoms with Gasteiger partial charge in [0.25, 0.3) is 0 Å². The smallest absolute Gasteiger partial charge is 0.308 e. The summed E-state index contributed by atoms with van der Waals surface area (Å²) in [6.45, 7) is 22.1. The van der Waals surface area contributed by atoms with E-state index in [1.165, 1.54) is 12.8 Å². The van der Waals surface area contributed by atoms with Crippen molar-refractivity contribution in [3.05, 3.63) is 0 Å². The number of esters is 1. The molecule has 0 rings (SSSR count). The molecule has 0 spiro atoms. The second-order valence-electron chi connectivity index (χ2n) is 8.34. The molecule has 0 aromatic rings. The van der Waals surface area contributed by atoms with Crippen LogP contribution >= 0.6 is 0 Å². The minimum absolute atomic E-state index is 0.0518. The highest BCUT2D eigenvalue weighted by Crippen LogP contribution is 2.06. The summed E-state index contributed by atoms with van der Waals surface area (Å²) < 4.78 is 10.1. The average molecular weight is 377 g/mol. The van der Waals surface area contributed by atoms with Crippen molar-refractivity contribution in [2.45, 2.75) is 94.6 Å². The van der Waals surface area contributed by atoms with Gasteiger partial charge in [-0.2, -0.15) is 0 Å². The van der Waals surface area contributed by atoms with Gasteiger partial charge in [-0.3, -0.25) is 4.79 Å². The molecule has 0 fully saturated rings. The Kier molecular flexibility index (Phi) is 24.0. The van der Waals surface area contributed by atoms with Crippen molar-refractivity contribution in [1.82, 2.24) is 0 Å². The van der Waals surface area contributed by atoms with E-state index in [1.54, 1.807) is 0 Å². The zero-order chi connectivity index (χ0) is 21.1. The van der Waals surface area contributed by atoms with Gasteiger partial charge in [-0.05, 0) is 38.0 Å². The number of hydrogen-bond donors (Lipinski definition) is 1. The number of ether oxygens (including phenoxy) is 2. The van der Waals surface area contributed by atoms with Crippen LogP contribution in [0.5, 0.6) is 0 Å². The Morgan fingerprint density at radius 3 is 1.62 bits per heavy atom. The highest BCUT2D eigenvalue weighted by atomic mass is 16.6. The number of hydrogen-bond acceptors (Lipinski definition) is 4. The third-order valence-electron chi connectivity index (χ3n) is 3.77. The van der Waals surface area contributed by atoms with Crippen LogP contribution in [-0.2, 0) is 14.3 Å². The highest BCUT2D eigenvalue weighted by molar-refractivity contribution is 5.71. The molecule has 0 aliphatic rings. The predicted octanol–water partition coefficient (Wildman–Crippen LogP) is 5.71. The fraction of sp³-hybridized carbons (Fsp3) is 0.955. The van der Waals surface area contributed by atoms with Crippen LogP contribution in [0.1, 0.15) is 88.5 Å². The quantitative estimate of drug-likeness (QED) is 0.392. The molecule has 0 amide bonds. The second kappa shape index (κ2) is 20.7. The minimum atomic E-state index is -0.164. The molecule has 0 aromatic carbocycles. The van der Waals surface area contributed by atoms with E-state index in [9.17, 15) is 4.79 Å². The van der Waals surface area contributed by atoms with Gasteiger partial charge < -0.3 is 14.6 Å². The summed E-state index contributed by atoms with van der Waals surface area (Å²) in [4.78, 5) is 10.9. The van der Waals surface area contributed by atoms with Crippen molar-refractivity contribution in [2.75, 3.05) is 19.8 Å². The molecule has 26 heavy (non-hydrogen) atoms. The zero-order valence-electron chi connectivity index (χ0n) is 19.3. The molecule has 0 atom stereocenters. The van der Waals surface area contributed by atoms with Gasteiger partial charge in [-0.15, -0.1) is 0 Å². The maximum Gasteiger partial charge on any atom is 0.308 e. The first kappa shape index (κ1) is 30.1. The van der Waals surface area contributed by atoms with Crippen molar-refractivity contribution >= 4 is 5.97 Å². The number of unbranched alkanes of at least 4 members (excludes halogenated alkanes) is 1. The molecule has 0 unspecified atom stereocenters. The molecule has 0 aliphatic carbocycles. The number of carbonyl (C=O) groups excluding carboxylic acids is 1. The van der Waals surface area contributed by atoms with Crippen LogP contribution < -0.4 is 0 Å². The molecule has 0 aromatic heterocycles. The first-order chi connectivity index (χ1) is 11.9. The van der Waals surface area contributed by atoms with Crippen LogP contribution in [0, 0.1) is 23.7 Å². The van der Waals surface area contributed by atoms with Crippen molar-refractivity contribution in [2.24, 2.45) is 23.7 Å². The zero-order valence-corrected chi connectivity index (χ0v) is 19.3. The van der Waals surface area contributed by atoms with E-state index in [4.69, 9.17) is 14.6 Å². The van der Waals surface area contributed by atoms with Crippen molar-refractivity contribution in [3.8, 4) is 0 Å². The Balaban J connectivity index is -0.000000328. The van der Waals surface area contributed by atoms with Crippen molar-refractivity contribution in [3.63, 3.8) is 0 Å². The molecule has 0 heterocycles. The summed E-state index contributed by atoms with van der Waals surface area (Å²) in [6, 6.07) is 0. The second-order valence-corrected chi connectivity index (χ2v) is 8.34. The van der Waals surface area contributed by atoms with Gasteiger partial charge >= 0.3 is 5.97 Å². The summed E-state index contributed by atoms with van der Waals surface area (Å²) in [5.41, 5.74) is 0. The maximum absolute atomic E-state index is 10.9. The first-order valence-electron chi connectivity index (χ1n) is 10.3. The van der Waals surface area contributed by atoms with Gasteiger partial charge in [0.15, 0.2) is 0 Å². The summed E-state index contributed by atoms with van der Waals surface area (Å²) in [5.74, 6) is 2.28. The van der Waals surface area contributed by atoms with Crippen molar-refractivity contribution < 1.29 is 19.4 Å². The number of rotatable bonds is 10. The van der Waals surface area contributed by atoms with Gasteiger partial charge in [0.1, 0.15) is 6.61 Å². The number of aliphatic hydroxyl groups excluding tert-OH is 1. The Bertz CT molecular complexity index is 278. The Hall–Kier alpha value is -0.610. The predicted molar refractivity (Wildman–Crippen MR) is 112 cm³/mol. The lowest BCUT2D eigenvalue weighted by atomic mass is 10.0. The maximum atomic E-state index is 10.9. The molecule has 0 radical (unpaired) electrons. The van der Waals surface area contributed by atoms with Crippen LogP contribution in [0.2, 0.25) is 0 Å². The van der Waals surface area contributed by atoms with E-state index < -0.39 is 0 Å².